The fraction of sp³-hybridized carbons (Fsp3) is 0.596. The van der Waals surface area contributed by atoms with Gasteiger partial charge >= 0.3 is 28.4 Å². The molecule has 0 saturated heterocycles. The molecule has 0 spiro atoms. The Morgan fingerprint density at radius 3 is 0.941 bits per heavy atom. The van der Waals surface area contributed by atoms with E-state index >= 15 is 0 Å². The lowest BCUT2D eigenvalue weighted by molar-refractivity contribution is -0.384. The van der Waals surface area contributed by atoms with E-state index in [0.717, 1.165) is 202 Å². The Morgan fingerprint density at radius 1 is 0.353 bits per heavy atom. The summed E-state index contributed by atoms with van der Waals surface area (Å²) in [5.41, 5.74) is 32.3. The maximum absolute atomic E-state index is 13.4. The number of pyridine rings is 2. The first kappa shape index (κ1) is 105. The minimum atomic E-state index is -0.500. The molecule has 15 rings (SSSR count). The molecule has 4 atom stereocenters. The zero-order valence-corrected chi connectivity index (χ0v) is 78.1. The number of anilines is 10. The van der Waals surface area contributed by atoms with Crippen molar-refractivity contribution in [2.24, 2.45) is 70.1 Å². The Labute approximate surface area is 798 Å². The second kappa shape index (κ2) is 53.6. The number of aliphatic hydroxyl groups excluding tert-OH is 2. The third-order valence-electron chi connectivity index (χ3n) is 26.0. The number of halogens is 3. The highest BCUT2D eigenvalue weighted by atomic mass is 35.5. The zero-order valence-electron chi connectivity index (χ0n) is 76.6. The van der Waals surface area contributed by atoms with Gasteiger partial charge in [0, 0.05) is 130 Å². The molecule has 7 fully saturated rings. The second-order valence-corrected chi connectivity index (χ2v) is 37.2. The number of benzene rings is 1. The molecule has 44 nitrogen and oxygen atoms in total. The molecule has 7 aliphatic carbocycles. The number of nitro groups is 5. The van der Waals surface area contributed by atoms with Crippen LogP contribution in [0.25, 0.3) is 0 Å². The van der Waals surface area contributed by atoms with Crippen LogP contribution in [-0.4, -0.2) is 183 Å². The van der Waals surface area contributed by atoms with E-state index in [0.29, 0.717) is 129 Å². The Balaban J connectivity index is 0.000000163. The van der Waals surface area contributed by atoms with Crippen LogP contribution in [-0.2, 0) is 19.6 Å². The van der Waals surface area contributed by atoms with Crippen molar-refractivity contribution >= 4 is 110 Å². The molecule has 0 unspecified atom stereocenters. The predicted molar refractivity (Wildman–Crippen MR) is 520 cm³/mol. The molecular formula is C89H129Cl2FN32O12. The van der Waals surface area contributed by atoms with E-state index < -0.39 is 24.6 Å². The van der Waals surface area contributed by atoms with Gasteiger partial charge in [-0.15, -0.1) is 0 Å². The van der Waals surface area contributed by atoms with Gasteiger partial charge in [0.1, 0.15) is 42.0 Å². The Hall–Kier alpha value is -11.9. The predicted octanol–water partition coefficient (Wildman–Crippen LogP) is 13.9. The minimum Gasteiger partial charge on any atom is -0.393 e. The molecular weight excluding hydrogens is 1800 g/mol. The highest BCUT2D eigenvalue weighted by Gasteiger charge is 2.31. The van der Waals surface area contributed by atoms with Crippen LogP contribution in [0, 0.1) is 105 Å². The number of hydrogen-bond donors (Lipinski definition) is 17. The van der Waals surface area contributed by atoms with Crippen LogP contribution in [0.1, 0.15) is 202 Å². The number of nitrogens with one attached hydrogen (secondary N) is 10. The average molecular weight is 1930 g/mol. The molecule has 0 amide bonds. The monoisotopic (exact) mass is 1930 g/mol. The Kier molecular flexibility index (Phi) is 41.2. The van der Waals surface area contributed by atoms with Crippen LogP contribution < -0.4 is 81.8 Å². The van der Waals surface area contributed by atoms with Crippen LogP contribution in [0.3, 0.4) is 0 Å². The van der Waals surface area contributed by atoms with Crippen LogP contribution in [0.15, 0.2) is 86.0 Å². The van der Waals surface area contributed by atoms with E-state index in [4.69, 9.17) is 51.9 Å². The summed E-state index contributed by atoms with van der Waals surface area (Å²) in [6.45, 7) is 7.41. The Morgan fingerprint density at radius 2 is 0.647 bits per heavy atom. The summed E-state index contributed by atoms with van der Waals surface area (Å²) in [7, 11) is 0. The summed E-state index contributed by atoms with van der Waals surface area (Å²) in [4.78, 5) is 104. The molecule has 7 heterocycles. The SMILES string of the molecule is Cc1ccc(F)cc1CNc1ncc([N+](=O)[O-])c(NCC2CCC(N)CC2)n1.NC1CCC(CNc2nc(NC[C@H]3CCC[C@@H](O)C3)ncc2[N+](=O)[O-])CC1.NC1CCC(CNc2nc(NC[C@H]3CCC[C@H](O)C3)ncc2[N+](=O)[O-])CC1.NC1CCC(CNc2nc(NCc3cccnc3Cl)ncc2[N+](=O)[O-])CC1.NC1CCC(CNc2nc(NCc3cnccc3Cl)ncc2[N+](=O)[O-])CC1. The van der Waals surface area contributed by atoms with Gasteiger partial charge in [0.15, 0.2) is 0 Å². The highest BCUT2D eigenvalue weighted by Crippen LogP contribution is 2.36. The summed E-state index contributed by atoms with van der Waals surface area (Å²) in [5.74, 6) is 5.35. The molecule has 0 bridgehead atoms. The zero-order chi connectivity index (χ0) is 97.0. The lowest BCUT2D eigenvalue weighted by Gasteiger charge is -2.26. The van der Waals surface area contributed by atoms with Gasteiger partial charge in [-0.25, -0.2) is 34.3 Å². The molecule has 7 aromatic heterocycles. The normalized spacial score (nSPS) is 23.0. The van der Waals surface area contributed by atoms with Gasteiger partial charge in [-0.2, -0.15) is 24.9 Å². The molecule has 22 N–H and O–H groups in total. The van der Waals surface area contributed by atoms with Crippen molar-refractivity contribution < 1.29 is 39.2 Å². The number of nitrogens with zero attached hydrogens (tertiary/aromatic N) is 17. The lowest BCUT2D eigenvalue weighted by Crippen LogP contribution is -2.29. The molecule has 7 aliphatic rings. The van der Waals surface area contributed by atoms with E-state index in [2.05, 4.69) is 113 Å². The van der Waals surface area contributed by atoms with Gasteiger partial charge < -0.3 is 92.0 Å². The molecule has 136 heavy (non-hydrogen) atoms. The van der Waals surface area contributed by atoms with E-state index in [1.807, 2.05) is 13.0 Å². The molecule has 7 saturated carbocycles. The summed E-state index contributed by atoms with van der Waals surface area (Å²) in [6, 6.07) is 11.2. The smallest absolute Gasteiger partial charge is 0.329 e. The lowest BCUT2D eigenvalue weighted by atomic mass is 9.86. The fourth-order valence-corrected chi connectivity index (χ4v) is 18.0. The van der Waals surface area contributed by atoms with Crippen molar-refractivity contribution in [2.45, 2.75) is 249 Å². The molecule has 0 aliphatic heterocycles. The van der Waals surface area contributed by atoms with Gasteiger partial charge in [0.05, 0.1) is 36.8 Å². The minimum absolute atomic E-state index is 0.110. The van der Waals surface area contributed by atoms with Gasteiger partial charge in [0.25, 0.3) is 0 Å². The molecule has 0 radical (unpaired) electrons. The van der Waals surface area contributed by atoms with Crippen molar-refractivity contribution in [1.29, 1.82) is 0 Å². The molecule has 47 heteroatoms. The topological polar surface area (TPSA) is 661 Å². The second-order valence-electron chi connectivity index (χ2n) is 36.4. The number of aliphatic hydroxyl groups is 2. The van der Waals surface area contributed by atoms with Crippen molar-refractivity contribution in [3.05, 3.63) is 175 Å². The van der Waals surface area contributed by atoms with E-state index in [-0.39, 0.29) is 124 Å². The number of aryl methyl sites for hydroxylation is 1. The van der Waals surface area contributed by atoms with Crippen molar-refractivity contribution in [1.82, 2.24) is 59.8 Å². The van der Waals surface area contributed by atoms with Crippen LogP contribution in [0.4, 0.5) is 91.7 Å². The quantitative estimate of drug-likeness (QED) is 0.00996. The number of rotatable bonds is 35. The number of aromatic nitrogens is 12. The standard InChI is InChI=1S/C19H25FN6O2.2C18H30N6O3.2C17H22ClN7O2/c1-12-2-5-15(20)8-14(12)10-23-19-24-11-17(26(27)28)18(25-19)22-9-13-3-6-16(21)7-4-13;2*19-14-6-4-12(5-7-14)9-20-17-16(24(26)27)11-22-18(23-17)21-10-13-2-1-3-15(25)8-13;18-14-5-6-20-8-12(14)9-22-17-23-10-15(25(26)27)16(24-17)21-7-11-1-3-13(19)4-2-11;18-15-12(2-1-7-20-15)9-22-17-23-10-14(25(26)27)16(24-17)21-8-11-3-5-13(19)6-4-11/h2,5,8,11,13,16H,3-4,6-7,9-10,21H2,1H3,(H2,22,23,24,25);2*11-15,25H,1-10,19H2,(H2,20,21,22,23);5-6,8,10-11,13H,1-4,7,9,19H2,(H2,21,22,23,24);1-2,7,10-11,13H,3-6,8-9,19H2,(H2,21,22,23,24)/t;12?,13-,14?,15+;12?,13-,14?,15-;;/m.00../s1. The largest absolute Gasteiger partial charge is 0.393 e. The van der Waals surface area contributed by atoms with E-state index in [1.165, 1.54) is 43.1 Å². The van der Waals surface area contributed by atoms with E-state index in [9.17, 15) is 65.2 Å². The van der Waals surface area contributed by atoms with Crippen LogP contribution in [0.5, 0.6) is 0 Å². The summed E-state index contributed by atoms with van der Waals surface area (Å²) in [6.07, 6.45) is 38.0. The van der Waals surface area contributed by atoms with Gasteiger partial charge in [-0.1, -0.05) is 48.2 Å². The van der Waals surface area contributed by atoms with Gasteiger partial charge in [-0.3, -0.25) is 55.6 Å². The number of hydrogen-bond acceptors (Lipinski definition) is 39. The van der Waals surface area contributed by atoms with Crippen molar-refractivity contribution in [3.8, 4) is 0 Å². The third kappa shape index (κ3) is 34.4. The van der Waals surface area contributed by atoms with Crippen molar-refractivity contribution in [3.63, 3.8) is 0 Å². The molecule has 8 aromatic rings. The maximum atomic E-state index is 13.4. The van der Waals surface area contributed by atoms with Crippen molar-refractivity contribution in [2.75, 3.05) is 99.0 Å². The highest BCUT2D eigenvalue weighted by molar-refractivity contribution is 6.31. The summed E-state index contributed by atoms with van der Waals surface area (Å²) in [5, 5.41) is 108. The van der Waals surface area contributed by atoms with Crippen LogP contribution >= 0.6 is 23.2 Å². The fourth-order valence-electron chi connectivity index (χ4n) is 17.6. The van der Waals surface area contributed by atoms with Gasteiger partial charge in [-0.05, 0) is 251 Å². The first-order valence-corrected chi connectivity index (χ1v) is 47.8. The maximum Gasteiger partial charge on any atom is 0.329 e. The van der Waals surface area contributed by atoms with E-state index in [1.54, 1.807) is 36.8 Å². The summed E-state index contributed by atoms with van der Waals surface area (Å²) < 4.78 is 13.4. The molecule has 1 aromatic carbocycles. The Bertz CT molecular complexity index is 4910. The van der Waals surface area contributed by atoms with Crippen LogP contribution in [0.2, 0.25) is 10.2 Å². The summed E-state index contributed by atoms with van der Waals surface area (Å²) >= 11 is 12.1. The third-order valence-corrected chi connectivity index (χ3v) is 26.7. The number of nitrogens with two attached hydrogens (primary N) is 5. The first-order chi connectivity index (χ1) is 65.5. The molecule has 738 valence electrons. The van der Waals surface area contributed by atoms with Gasteiger partial charge in [0.2, 0.25) is 58.8 Å². The average Bonchev–Trinajstić information content (AvgIpc) is 0.818. The first-order valence-electron chi connectivity index (χ1n) is 47.0.